The first-order valence-electron chi connectivity index (χ1n) is 16.4. The minimum absolute atomic E-state index is 0.113. The highest BCUT2D eigenvalue weighted by Crippen LogP contribution is 2.52. The van der Waals surface area contributed by atoms with Crippen molar-refractivity contribution in [1.82, 2.24) is 19.7 Å². The highest BCUT2D eigenvalue weighted by atomic mass is 32.2. The Kier molecular flexibility index (Phi) is 9.54. The molecule has 3 aromatic rings. The Morgan fingerprint density at radius 3 is 2.30 bits per heavy atom. The van der Waals surface area contributed by atoms with Gasteiger partial charge in [0, 0.05) is 63.5 Å². The van der Waals surface area contributed by atoms with Crippen molar-refractivity contribution in [3.05, 3.63) is 78.0 Å². The lowest BCUT2D eigenvalue weighted by Crippen LogP contribution is -2.54. The standard InChI is InChI=1S/C35H43N5O6S/c1-4-37-21-23-38(24-22-37)26-16-19-39(20-17-26)32(41)25-35(28-12-10-18-36-33(28)46-5-2)27-11-6-7-13-29(27)40(34(35)42)47(43,44)31-15-9-8-14-30(31)45-3/h6-15,18,26H,4-5,16-17,19-25H2,1-3H3. The van der Waals surface area contributed by atoms with E-state index in [-0.39, 0.29) is 41.1 Å². The number of ether oxygens (including phenoxy) is 2. The van der Waals surface area contributed by atoms with Gasteiger partial charge in [-0.2, -0.15) is 0 Å². The number of methoxy groups -OCH3 is 1. The number of rotatable bonds is 10. The quantitative estimate of drug-likeness (QED) is 0.322. The van der Waals surface area contributed by atoms with Gasteiger partial charge in [-0.1, -0.05) is 43.3 Å². The molecule has 0 saturated carbocycles. The molecule has 1 atom stereocenters. The lowest BCUT2D eigenvalue weighted by atomic mass is 9.72. The summed E-state index contributed by atoms with van der Waals surface area (Å²) in [6.45, 7) is 10.6. The summed E-state index contributed by atoms with van der Waals surface area (Å²) in [4.78, 5) is 40.5. The third kappa shape index (κ3) is 5.87. The number of nitrogens with zero attached hydrogens (tertiary/aromatic N) is 5. The number of carbonyl (C=O) groups is 2. The Morgan fingerprint density at radius 2 is 1.60 bits per heavy atom. The zero-order valence-corrected chi connectivity index (χ0v) is 28.1. The second kappa shape index (κ2) is 13.6. The summed E-state index contributed by atoms with van der Waals surface area (Å²) < 4.78 is 41.0. The summed E-state index contributed by atoms with van der Waals surface area (Å²) in [5, 5.41) is 0. The topological polar surface area (TPSA) is 113 Å². The number of benzene rings is 2. The Labute approximate surface area is 277 Å². The van der Waals surface area contributed by atoms with E-state index >= 15 is 4.79 Å². The summed E-state index contributed by atoms with van der Waals surface area (Å²) in [7, 11) is -3.09. The maximum Gasteiger partial charge on any atom is 0.274 e. The first-order valence-corrected chi connectivity index (χ1v) is 17.8. The van der Waals surface area contributed by atoms with Gasteiger partial charge in [0.15, 0.2) is 0 Å². The Balaban J connectivity index is 1.38. The molecular formula is C35H43N5O6S. The molecule has 11 nitrogen and oxygen atoms in total. The maximum absolute atomic E-state index is 15.0. The van der Waals surface area contributed by atoms with Gasteiger partial charge < -0.3 is 19.3 Å². The fourth-order valence-electron chi connectivity index (χ4n) is 7.34. The van der Waals surface area contributed by atoms with E-state index in [0.29, 0.717) is 30.3 Å². The third-order valence-electron chi connectivity index (χ3n) is 9.84. The van der Waals surface area contributed by atoms with Crippen molar-refractivity contribution in [2.45, 2.75) is 49.5 Å². The van der Waals surface area contributed by atoms with Crippen LogP contribution in [-0.2, 0) is 25.0 Å². The van der Waals surface area contributed by atoms with Gasteiger partial charge >= 0.3 is 0 Å². The third-order valence-corrected chi connectivity index (χ3v) is 11.6. The van der Waals surface area contributed by atoms with Crippen molar-refractivity contribution in [2.75, 3.05) is 63.8 Å². The van der Waals surface area contributed by atoms with Gasteiger partial charge in [-0.25, -0.2) is 17.7 Å². The van der Waals surface area contributed by atoms with Gasteiger partial charge in [0.25, 0.3) is 15.9 Å². The number of hydrogen-bond donors (Lipinski definition) is 0. The molecule has 0 bridgehead atoms. The molecule has 1 unspecified atom stereocenters. The summed E-state index contributed by atoms with van der Waals surface area (Å²) in [5.41, 5.74) is -0.745. The first kappa shape index (κ1) is 32.9. The number of likely N-dealkylation sites (N-methyl/N-ethyl adjacent to an activating group) is 1. The van der Waals surface area contributed by atoms with Crippen LogP contribution in [0.5, 0.6) is 11.6 Å². The fourth-order valence-corrected chi connectivity index (χ4v) is 8.98. The van der Waals surface area contributed by atoms with E-state index < -0.39 is 21.3 Å². The molecule has 250 valence electrons. The molecule has 0 radical (unpaired) electrons. The number of sulfonamides is 1. The average Bonchev–Trinajstić information content (AvgIpc) is 3.36. The van der Waals surface area contributed by atoms with Gasteiger partial charge in [-0.05, 0) is 56.1 Å². The molecule has 0 spiro atoms. The van der Waals surface area contributed by atoms with Crippen LogP contribution in [0.4, 0.5) is 5.69 Å². The molecule has 47 heavy (non-hydrogen) atoms. The molecular weight excluding hydrogens is 618 g/mol. The lowest BCUT2D eigenvalue weighted by Gasteiger charge is -2.43. The Bertz CT molecular complexity index is 1720. The smallest absolute Gasteiger partial charge is 0.274 e. The van der Waals surface area contributed by atoms with Crippen LogP contribution in [0, 0.1) is 0 Å². The van der Waals surface area contributed by atoms with Gasteiger partial charge in [-0.3, -0.25) is 14.5 Å². The molecule has 2 fully saturated rings. The molecule has 4 heterocycles. The van der Waals surface area contributed by atoms with Crippen molar-refractivity contribution in [3.63, 3.8) is 0 Å². The first-order chi connectivity index (χ1) is 22.8. The number of likely N-dealkylation sites (tertiary alicyclic amines) is 1. The van der Waals surface area contributed by atoms with Crippen LogP contribution in [0.1, 0.15) is 44.2 Å². The Morgan fingerprint density at radius 1 is 0.915 bits per heavy atom. The summed E-state index contributed by atoms with van der Waals surface area (Å²) in [5.74, 6) is -0.671. The predicted molar refractivity (Wildman–Crippen MR) is 178 cm³/mol. The minimum atomic E-state index is -4.47. The number of fused-ring (bicyclic) bond motifs is 1. The second-order valence-corrected chi connectivity index (χ2v) is 14.0. The normalized spacial score (nSPS) is 21.1. The van der Waals surface area contributed by atoms with Crippen molar-refractivity contribution in [3.8, 4) is 11.6 Å². The molecule has 3 aliphatic rings. The van der Waals surface area contributed by atoms with E-state index in [1.807, 2.05) is 11.8 Å². The largest absolute Gasteiger partial charge is 0.495 e. The molecule has 12 heteroatoms. The second-order valence-electron chi connectivity index (χ2n) is 12.2. The van der Waals surface area contributed by atoms with E-state index in [9.17, 15) is 13.2 Å². The predicted octanol–water partition coefficient (Wildman–Crippen LogP) is 3.53. The fraction of sp³-hybridized carbons (Fsp3) is 0.457. The van der Waals surface area contributed by atoms with Crippen LogP contribution in [0.25, 0.3) is 0 Å². The highest BCUT2D eigenvalue weighted by molar-refractivity contribution is 7.93. The molecule has 0 N–H and O–H groups in total. The number of hydrogen-bond acceptors (Lipinski definition) is 9. The van der Waals surface area contributed by atoms with E-state index in [1.54, 1.807) is 54.7 Å². The van der Waals surface area contributed by atoms with E-state index in [4.69, 9.17) is 9.47 Å². The lowest BCUT2D eigenvalue weighted by molar-refractivity contribution is -0.136. The molecule has 6 rings (SSSR count). The number of aromatic nitrogens is 1. The van der Waals surface area contributed by atoms with Gasteiger partial charge in [0.2, 0.25) is 11.8 Å². The Hall–Kier alpha value is -4.00. The highest BCUT2D eigenvalue weighted by Gasteiger charge is 2.58. The van der Waals surface area contributed by atoms with E-state index in [1.165, 1.54) is 19.2 Å². The minimum Gasteiger partial charge on any atom is -0.495 e. The van der Waals surface area contributed by atoms with Gasteiger partial charge in [0.05, 0.1) is 19.4 Å². The molecule has 2 aromatic carbocycles. The number of pyridine rings is 1. The monoisotopic (exact) mass is 661 g/mol. The van der Waals surface area contributed by atoms with Crippen LogP contribution in [-0.4, -0.2) is 105 Å². The molecule has 3 aliphatic heterocycles. The number of para-hydroxylation sites is 2. The van der Waals surface area contributed by atoms with E-state index in [0.717, 1.165) is 49.9 Å². The number of anilines is 1. The van der Waals surface area contributed by atoms with Crippen molar-refractivity contribution in [1.29, 1.82) is 0 Å². The number of piperidine rings is 1. The maximum atomic E-state index is 15.0. The zero-order valence-electron chi connectivity index (χ0n) is 27.3. The van der Waals surface area contributed by atoms with Gasteiger partial charge in [-0.15, -0.1) is 0 Å². The van der Waals surface area contributed by atoms with E-state index in [2.05, 4.69) is 21.7 Å². The van der Waals surface area contributed by atoms with Gasteiger partial charge in [0.1, 0.15) is 16.1 Å². The number of piperazine rings is 1. The summed E-state index contributed by atoms with van der Waals surface area (Å²) >= 11 is 0. The number of carbonyl (C=O) groups excluding carboxylic acids is 2. The van der Waals surface area contributed by atoms with Crippen molar-refractivity contribution < 1.29 is 27.5 Å². The van der Waals surface area contributed by atoms with Crippen LogP contribution in [0.3, 0.4) is 0 Å². The number of amides is 2. The van der Waals surface area contributed by atoms with Crippen LogP contribution in [0.15, 0.2) is 71.8 Å². The molecule has 2 amide bonds. The van der Waals surface area contributed by atoms with Crippen molar-refractivity contribution in [2.24, 2.45) is 0 Å². The summed E-state index contributed by atoms with van der Waals surface area (Å²) in [6.07, 6.45) is 2.98. The van der Waals surface area contributed by atoms with Crippen LogP contribution in [0.2, 0.25) is 0 Å². The molecule has 2 saturated heterocycles. The average molecular weight is 662 g/mol. The zero-order chi connectivity index (χ0) is 33.2. The SMILES string of the molecule is CCOc1ncccc1C1(CC(=O)N2CCC(N3CCN(CC)CC3)CC2)C(=O)N(S(=O)(=O)c2ccccc2OC)c2ccccc21. The summed E-state index contributed by atoms with van der Waals surface area (Å²) in [6, 6.07) is 16.8. The molecule has 0 aliphatic carbocycles. The molecule has 1 aromatic heterocycles. The van der Waals surface area contributed by atoms with Crippen LogP contribution < -0.4 is 13.8 Å². The van der Waals surface area contributed by atoms with Crippen molar-refractivity contribution >= 4 is 27.5 Å². The van der Waals surface area contributed by atoms with Crippen LogP contribution >= 0.6 is 0 Å².